The number of rotatable bonds is 7. The van der Waals surface area contributed by atoms with Gasteiger partial charge in [-0.25, -0.2) is 4.68 Å². The van der Waals surface area contributed by atoms with Crippen molar-refractivity contribution in [1.29, 1.82) is 0 Å². The van der Waals surface area contributed by atoms with Crippen LogP contribution < -0.4 is 14.8 Å². The molecular weight excluding hydrogens is 366 g/mol. The number of benzene rings is 2. The molecule has 1 heterocycles. The highest BCUT2D eigenvalue weighted by Crippen LogP contribution is 2.33. The molecule has 0 saturated heterocycles. The van der Waals surface area contributed by atoms with Gasteiger partial charge in [0.2, 0.25) is 0 Å². The largest absolute Gasteiger partial charge is 0.493 e. The van der Waals surface area contributed by atoms with E-state index in [1.165, 1.54) is 0 Å². The molecule has 1 aromatic heterocycles. The van der Waals surface area contributed by atoms with Crippen LogP contribution in [0.5, 0.6) is 11.5 Å². The number of aryl methyl sites for hydroxylation is 2. The van der Waals surface area contributed by atoms with Crippen LogP contribution in [0.25, 0.3) is 5.69 Å². The van der Waals surface area contributed by atoms with E-state index in [0.717, 1.165) is 22.6 Å². The number of nitrogens with zero attached hydrogens (tertiary/aromatic N) is 2. The van der Waals surface area contributed by atoms with Crippen LogP contribution >= 0.6 is 0 Å². The second-order valence-corrected chi connectivity index (χ2v) is 6.71. The molecule has 3 aromatic rings. The maximum atomic E-state index is 12.9. The minimum Gasteiger partial charge on any atom is -0.493 e. The molecule has 0 aliphatic heterocycles. The first-order chi connectivity index (χ1) is 14.0. The summed E-state index contributed by atoms with van der Waals surface area (Å²) in [6.45, 7) is 7.72. The van der Waals surface area contributed by atoms with E-state index < -0.39 is 0 Å². The van der Waals surface area contributed by atoms with E-state index in [1.807, 2.05) is 48.9 Å². The number of amides is 1. The minimum absolute atomic E-state index is 0.234. The molecule has 0 spiro atoms. The van der Waals surface area contributed by atoms with E-state index >= 15 is 0 Å². The van der Waals surface area contributed by atoms with Gasteiger partial charge >= 0.3 is 0 Å². The molecule has 6 heteroatoms. The van der Waals surface area contributed by atoms with Gasteiger partial charge in [-0.1, -0.05) is 12.1 Å². The highest BCUT2D eigenvalue weighted by Gasteiger charge is 2.16. The fourth-order valence-electron chi connectivity index (χ4n) is 3.29. The van der Waals surface area contributed by atoms with E-state index in [4.69, 9.17) is 9.47 Å². The molecular formula is C23H25N3O3. The van der Waals surface area contributed by atoms with E-state index in [-0.39, 0.29) is 5.91 Å². The number of hydrogen-bond acceptors (Lipinski definition) is 4. The van der Waals surface area contributed by atoms with Crippen molar-refractivity contribution in [2.45, 2.75) is 20.3 Å². The monoisotopic (exact) mass is 391 g/mol. The van der Waals surface area contributed by atoms with Crippen LogP contribution in [0, 0.1) is 13.8 Å². The first-order valence-electron chi connectivity index (χ1n) is 9.27. The van der Waals surface area contributed by atoms with Crippen LogP contribution in [0.2, 0.25) is 0 Å². The van der Waals surface area contributed by atoms with Crippen molar-refractivity contribution < 1.29 is 14.3 Å². The summed E-state index contributed by atoms with van der Waals surface area (Å²) in [6, 6.07) is 13.1. The maximum absolute atomic E-state index is 12.9. The summed E-state index contributed by atoms with van der Waals surface area (Å²) >= 11 is 0. The quantitative estimate of drug-likeness (QED) is 0.603. The molecule has 0 aliphatic carbocycles. The third-order valence-corrected chi connectivity index (χ3v) is 4.54. The van der Waals surface area contributed by atoms with Crippen molar-refractivity contribution >= 4 is 11.6 Å². The third kappa shape index (κ3) is 4.32. The highest BCUT2D eigenvalue weighted by molar-refractivity contribution is 6.05. The van der Waals surface area contributed by atoms with Crippen LogP contribution in [0.15, 0.2) is 55.1 Å². The summed E-state index contributed by atoms with van der Waals surface area (Å²) in [7, 11) is 3.13. The van der Waals surface area contributed by atoms with E-state index in [1.54, 1.807) is 32.4 Å². The van der Waals surface area contributed by atoms with Gasteiger partial charge in [0.15, 0.2) is 11.5 Å². The average Bonchev–Trinajstić information content (AvgIpc) is 3.05. The number of anilines is 1. The lowest BCUT2D eigenvalue weighted by Crippen LogP contribution is -2.13. The van der Waals surface area contributed by atoms with Crippen LogP contribution in [-0.4, -0.2) is 29.9 Å². The zero-order valence-electron chi connectivity index (χ0n) is 17.2. The third-order valence-electron chi connectivity index (χ3n) is 4.54. The fourth-order valence-corrected chi connectivity index (χ4v) is 3.29. The molecule has 1 N–H and O–H groups in total. The Kier molecular flexibility index (Phi) is 6.02. The second kappa shape index (κ2) is 8.65. The normalized spacial score (nSPS) is 10.5. The Bertz CT molecular complexity index is 1050. The maximum Gasteiger partial charge on any atom is 0.255 e. The van der Waals surface area contributed by atoms with Gasteiger partial charge in [-0.3, -0.25) is 4.79 Å². The number of ether oxygens (including phenoxy) is 2. The first-order valence-corrected chi connectivity index (χ1v) is 9.27. The molecule has 0 fully saturated rings. The van der Waals surface area contributed by atoms with Gasteiger partial charge in [0, 0.05) is 22.5 Å². The minimum atomic E-state index is -0.234. The molecule has 2 aromatic carbocycles. The van der Waals surface area contributed by atoms with Gasteiger partial charge in [-0.2, -0.15) is 5.10 Å². The standard InChI is InChI=1S/C23H25N3O3/c1-6-8-17-12-18(13-21(28-4)22(17)29-5)23(27)24-19-9-7-10-20(14-19)26-16(3)11-15(2)25-26/h6-7,9-14H,1,8H2,2-5H3,(H,24,27). The smallest absolute Gasteiger partial charge is 0.255 e. The van der Waals surface area contributed by atoms with E-state index in [0.29, 0.717) is 29.2 Å². The number of methoxy groups -OCH3 is 2. The van der Waals surface area contributed by atoms with Crippen LogP contribution in [0.4, 0.5) is 5.69 Å². The summed E-state index contributed by atoms with van der Waals surface area (Å²) in [5.74, 6) is 0.880. The Morgan fingerprint density at radius 3 is 2.59 bits per heavy atom. The number of allylic oxidation sites excluding steroid dienone is 1. The predicted octanol–water partition coefficient (Wildman–Crippen LogP) is 4.49. The number of carbonyl (C=O) groups is 1. The fraction of sp³-hybridized carbons (Fsp3) is 0.217. The summed E-state index contributed by atoms with van der Waals surface area (Å²) in [4.78, 5) is 12.9. The Labute approximate surface area is 170 Å². The number of hydrogen-bond donors (Lipinski definition) is 1. The van der Waals surface area contributed by atoms with Crippen LogP contribution in [0.1, 0.15) is 27.3 Å². The SMILES string of the molecule is C=CCc1cc(C(=O)Nc2cccc(-n3nc(C)cc3C)c2)cc(OC)c1OC. The van der Waals surface area contributed by atoms with E-state index in [9.17, 15) is 4.79 Å². The van der Waals surface area contributed by atoms with Crippen LogP contribution in [0.3, 0.4) is 0 Å². The van der Waals surface area contributed by atoms with Gasteiger partial charge < -0.3 is 14.8 Å². The lowest BCUT2D eigenvalue weighted by atomic mass is 10.0. The molecule has 0 aliphatic rings. The van der Waals surface area contributed by atoms with Gasteiger partial charge in [0.05, 0.1) is 25.6 Å². The van der Waals surface area contributed by atoms with Gasteiger partial charge in [-0.05, 0) is 56.7 Å². The molecule has 3 rings (SSSR count). The van der Waals surface area contributed by atoms with Crippen molar-refractivity contribution in [3.8, 4) is 17.2 Å². The molecule has 150 valence electrons. The number of nitrogens with one attached hydrogen (secondary N) is 1. The second-order valence-electron chi connectivity index (χ2n) is 6.71. The molecule has 0 radical (unpaired) electrons. The zero-order chi connectivity index (χ0) is 21.0. The summed E-state index contributed by atoms with van der Waals surface area (Å²) in [6.07, 6.45) is 2.32. The Morgan fingerprint density at radius 2 is 1.97 bits per heavy atom. The lowest BCUT2D eigenvalue weighted by molar-refractivity contribution is 0.102. The van der Waals surface area contributed by atoms with Crippen molar-refractivity contribution in [1.82, 2.24) is 9.78 Å². The average molecular weight is 391 g/mol. The summed E-state index contributed by atoms with van der Waals surface area (Å²) < 4.78 is 12.7. The number of aromatic nitrogens is 2. The summed E-state index contributed by atoms with van der Waals surface area (Å²) in [5, 5.41) is 7.45. The van der Waals surface area contributed by atoms with Gasteiger partial charge in [0.1, 0.15) is 0 Å². The van der Waals surface area contributed by atoms with E-state index in [2.05, 4.69) is 17.0 Å². The zero-order valence-corrected chi connectivity index (χ0v) is 17.2. The Morgan fingerprint density at radius 1 is 1.17 bits per heavy atom. The van der Waals surface area contributed by atoms with Gasteiger partial charge in [-0.15, -0.1) is 6.58 Å². The molecule has 1 amide bonds. The number of carbonyl (C=O) groups excluding carboxylic acids is 1. The van der Waals surface area contributed by atoms with Crippen molar-refractivity contribution in [2.75, 3.05) is 19.5 Å². The molecule has 29 heavy (non-hydrogen) atoms. The van der Waals surface area contributed by atoms with Crippen LogP contribution in [-0.2, 0) is 6.42 Å². The molecule has 0 unspecified atom stereocenters. The first kappa shape index (κ1) is 20.2. The van der Waals surface area contributed by atoms with Gasteiger partial charge in [0.25, 0.3) is 5.91 Å². The molecule has 6 nitrogen and oxygen atoms in total. The van der Waals surface area contributed by atoms with Crippen molar-refractivity contribution in [3.05, 3.63) is 77.6 Å². The van der Waals surface area contributed by atoms with Crippen molar-refractivity contribution in [3.63, 3.8) is 0 Å². The molecule has 0 saturated carbocycles. The Balaban J connectivity index is 1.91. The summed E-state index contributed by atoms with van der Waals surface area (Å²) in [5.41, 5.74) is 4.85. The highest BCUT2D eigenvalue weighted by atomic mass is 16.5. The Hall–Kier alpha value is -3.54. The lowest BCUT2D eigenvalue weighted by Gasteiger charge is -2.14. The molecule has 0 atom stereocenters. The molecule has 0 bridgehead atoms. The topological polar surface area (TPSA) is 65.4 Å². The van der Waals surface area contributed by atoms with Crippen molar-refractivity contribution in [2.24, 2.45) is 0 Å². The predicted molar refractivity (Wildman–Crippen MR) is 114 cm³/mol.